The molecule has 0 bridgehead atoms. The monoisotopic (exact) mass is 536 g/mol. The molecular weight excluding hydrogens is 506 g/mol. The van der Waals surface area contributed by atoms with Crippen LogP contribution in [-0.4, -0.2) is 17.7 Å². The first-order valence-electron chi connectivity index (χ1n) is 12.0. The van der Waals surface area contributed by atoms with E-state index in [2.05, 4.69) is 40.5 Å². The Kier molecular flexibility index (Phi) is 8.42. The van der Waals surface area contributed by atoms with Crippen molar-refractivity contribution in [1.29, 1.82) is 5.41 Å². The molecule has 1 heterocycles. The third-order valence-electron chi connectivity index (χ3n) is 6.77. The lowest BCUT2D eigenvalue weighted by Crippen LogP contribution is -2.33. The summed E-state index contributed by atoms with van der Waals surface area (Å²) >= 11 is 5.79. The highest BCUT2D eigenvalue weighted by atomic mass is 32.1. The maximum Gasteiger partial charge on any atom is 0.126 e. The van der Waals surface area contributed by atoms with Gasteiger partial charge in [-0.2, -0.15) is 0 Å². The summed E-state index contributed by atoms with van der Waals surface area (Å²) in [5, 5.41) is 12.4. The molecule has 0 aliphatic heterocycles. The number of thiazole rings is 1. The van der Waals surface area contributed by atoms with E-state index in [1.807, 2.05) is 19.2 Å². The van der Waals surface area contributed by atoms with Crippen LogP contribution in [0.15, 0.2) is 78.2 Å². The van der Waals surface area contributed by atoms with E-state index < -0.39 is 5.41 Å². The molecule has 3 N–H and O–H groups in total. The van der Waals surface area contributed by atoms with Crippen LogP contribution < -0.4 is 10.0 Å². The van der Waals surface area contributed by atoms with Gasteiger partial charge in [-0.25, -0.2) is 13.8 Å². The number of hydrogen-bond donors (Lipinski definition) is 4. The Labute approximate surface area is 226 Å². The van der Waals surface area contributed by atoms with Gasteiger partial charge in [0.2, 0.25) is 0 Å². The number of allylic oxidation sites excluding steroid dienone is 3. The molecule has 0 fully saturated rings. The standard InChI is InChI=1S/C29H30F2N4S2/c1-18-4-5-21(12-26(18)31)14-29(20(3)28-33-17-19(2)37-28)15-22(16-32)27(13-23(29)10-11-34-36)35-25-8-6-24(30)7-9-25/h4-9,12-13,16-17,32,34-36H,3,10-11,14-15H2,1-2H3. The number of rotatable bonds is 10. The van der Waals surface area contributed by atoms with Crippen molar-refractivity contribution in [3.8, 4) is 0 Å². The molecular formula is C29H30F2N4S2. The average Bonchev–Trinajstić information content (AvgIpc) is 3.33. The zero-order valence-corrected chi connectivity index (χ0v) is 22.6. The normalized spacial score (nSPS) is 17.5. The predicted octanol–water partition coefficient (Wildman–Crippen LogP) is 7.45. The topological polar surface area (TPSA) is 60.8 Å². The molecule has 0 spiro atoms. The number of aromatic nitrogens is 1. The van der Waals surface area contributed by atoms with Crippen molar-refractivity contribution in [1.82, 2.24) is 9.71 Å². The molecule has 1 atom stereocenters. The van der Waals surface area contributed by atoms with E-state index >= 15 is 0 Å². The fourth-order valence-electron chi connectivity index (χ4n) is 4.75. The maximum atomic E-state index is 14.6. The summed E-state index contributed by atoms with van der Waals surface area (Å²) in [6.45, 7) is 8.89. The van der Waals surface area contributed by atoms with E-state index in [-0.39, 0.29) is 11.6 Å². The summed E-state index contributed by atoms with van der Waals surface area (Å²) in [5.74, 6) is -0.561. The predicted molar refractivity (Wildman–Crippen MR) is 153 cm³/mol. The van der Waals surface area contributed by atoms with Gasteiger partial charge in [-0.05, 0) is 91.8 Å². The van der Waals surface area contributed by atoms with Crippen LogP contribution in [0.25, 0.3) is 5.57 Å². The highest BCUT2D eigenvalue weighted by molar-refractivity contribution is 7.78. The molecule has 0 radical (unpaired) electrons. The number of thiol groups is 1. The fourth-order valence-corrected chi connectivity index (χ4v) is 5.70. The highest BCUT2D eigenvalue weighted by Gasteiger charge is 2.42. The van der Waals surface area contributed by atoms with E-state index in [0.29, 0.717) is 31.4 Å². The molecule has 1 unspecified atom stereocenters. The number of anilines is 1. The Hall–Kier alpha value is -3.07. The third kappa shape index (κ3) is 5.92. The van der Waals surface area contributed by atoms with Gasteiger partial charge in [0.05, 0.1) is 0 Å². The molecule has 8 heteroatoms. The van der Waals surface area contributed by atoms with Gasteiger partial charge in [-0.3, -0.25) is 4.72 Å². The van der Waals surface area contributed by atoms with Crippen LogP contribution in [0, 0.1) is 36.3 Å². The van der Waals surface area contributed by atoms with Gasteiger partial charge in [0.25, 0.3) is 0 Å². The minimum atomic E-state index is -0.628. The zero-order valence-electron chi connectivity index (χ0n) is 20.9. The van der Waals surface area contributed by atoms with Crippen LogP contribution in [0.1, 0.15) is 33.9 Å². The smallest absolute Gasteiger partial charge is 0.126 e. The average molecular weight is 537 g/mol. The lowest BCUT2D eigenvalue weighted by atomic mass is 9.63. The van der Waals surface area contributed by atoms with Gasteiger partial charge in [0, 0.05) is 40.6 Å². The first-order valence-corrected chi connectivity index (χ1v) is 13.2. The molecule has 37 heavy (non-hydrogen) atoms. The molecule has 1 aliphatic carbocycles. The van der Waals surface area contributed by atoms with Crippen molar-refractivity contribution >= 4 is 41.6 Å². The number of halogens is 2. The van der Waals surface area contributed by atoms with Gasteiger partial charge in [-0.1, -0.05) is 37.1 Å². The molecule has 2 aromatic carbocycles. The van der Waals surface area contributed by atoms with E-state index in [0.717, 1.165) is 43.6 Å². The first kappa shape index (κ1) is 27.0. The summed E-state index contributed by atoms with van der Waals surface area (Å²) in [6.07, 6.45) is 6.86. The van der Waals surface area contributed by atoms with Gasteiger partial charge in [-0.15, -0.1) is 11.3 Å². The molecule has 3 aromatic rings. The third-order valence-corrected chi connectivity index (χ3v) is 7.97. The molecule has 4 rings (SSSR count). The van der Waals surface area contributed by atoms with Crippen molar-refractivity contribution in [2.75, 3.05) is 11.9 Å². The van der Waals surface area contributed by atoms with Crippen molar-refractivity contribution in [2.24, 2.45) is 5.41 Å². The van der Waals surface area contributed by atoms with Crippen LogP contribution in [0.5, 0.6) is 0 Å². The van der Waals surface area contributed by atoms with Crippen LogP contribution in [0.4, 0.5) is 14.5 Å². The number of nitrogens with zero attached hydrogens (tertiary/aromatic N) is 1. The van der Waals surface area contributed by atoms with E-state index in [1.54, 1.807) is 42.5 Å². The summed E-state index contributed by atoms with van der Waals surface area (Å²) < 4.78 is 31.0. The molecule has 0 amide bonds. The summed E-state index contributed by atoms with van der Waals surface area (Å²) in [7, 11) is 0. The van der Waals surface area contributed by atoms with E-state index in [1.165, 1.54) is 18.3 Å². The number of hydrogen-bond acceptors (Lipinski definition) is 6. The van der Waals surface area contributed by atoms with Crippen LogP contribution >= 0.6 is 24.2 Å². The molecule has 0 saturated heterocycles. The zero-order chi connectivity index (χ0) is 26.6. The Balaban J connectivity index is 1.84. The Morgan fingerprint density at radius 3 is 2.59 bits per heavy atom. The van der Waals surface area contributed by atoms with E-state index in [9.17, 15) is 8.78 Å². The molecule has 1 aliphatic rings. The van der Waals surface area contributed by atoms with Gasteiger partial charge in [0.1, 0.15) is 16.6 Å². The second kappa shape index (κ2) is 11.5. The van der Waals surface area contributed by atoms with Crippen molar-refractivity contribution in [2.45, 2.75) is 33.1 Å². The molecule has 0 saturated carbocycles. The number of benzene rings is 2. The second-order valence-corrected chi connectivity index (χ2v) is 10.9. The fraction of sp³-hybridized carbons (Fsp3) is 0.241. The Morgan fingerprint density at radius 1 is 1.22 bits per heavy atom. The molecule has 1 aromatic heterocycles. The second-order valence-electron chi connectivity index (χ2n) is 9.32. The Bertz CT molecular complexity index is 1370. The maximum absolute atomic E-state index is 14.6. The molecule has 4 nitrogen and oxygen atoms in total. The lowest BCUT2D eigenvalue weighted by Gasteiger charge is -2.42. The van der Waals surface area contributed by atoms with E-state index in [4.69, 9.17) is 5.41 Å². The Morgan fingerprint density at radius 2 is 1.97 bits per heavy atom. The summed E-state index contributed by atoms with van der Waals surface area (Å²) in [5.41, 5.74) is 5.00. The number of aryl methyl sites for hydroxylation is 2. The lowest BCUT2D eigenvalue weighted by molar-refractivity contribution is 0.450. The van der Waals surface area contributed by atoms with Crippen molar-refractivity contribution in [3.63, 3.8) is 0 Å². The van der Waals surface area contributed by atoms with Crippen LogP contribution in [-0.2, 0) is 6.42 Å². The summed E-state index contributed by atoms with van der Waals surface area (Å²) in [4.78, 5) is 5.71. The minimum absolute atomic E-state index is 0.247. The van der Waals surface area contributed by atoms with Crippen LogP contribution in [0.2, 0.25) is 0 Å². The highest BCUT2D eigenvalue weighted by Crippen LogP contribution is 2.52. The van der Waals surface area contributed by atoms with Gasteiger partial charge < -0.3 is 10.7 Å². The first-order chi connectivity index (χ1) is 17.8. The summed E-state index contributed by atoms with van der Waals surface area (Å²) in [6, 6.07) is 11.5. The van der Waals surface area contributed by atoms with Crippen molar-refractivity contribution in [3.05, 3.63) is 111 Å². The largest absolute Gasteiger partial charge is 0.355 e. The minimum Gasteiger partial charge on any atom is -0.355 e. The van der Waals surface area contributed by atoms with Gasteiger partial charge >= 0.3 is 0 Å². The number of nitrogens with one attached hydrogen (secondary N) is 3. The SMILES string of the molecule is C=C(c1ncc(C)s1)C1(Cc2ccc(C)c(F)c2)CC(C=N)=C(Nc2ccc(F)cc2)C=C1CCNS. The van der Waals surface area contributed by atoms with Gasteiger partial charge in [0.15, 0.2) is 0 Å². The van der Waals surface area contributed by atoms with Crippen molar-refractivity contribution < 1.29 is 8.78 Å². The quantitative estimate of drug-likeness (QED) is 0.161. The van der Waals surface area contributed by atoms with Crippen LogP contribution in [0.3, 0.4) is 0 Å². The molecule has 192 valence electrons.